The summed E-state index contributed by atoms with van der Waals surface area (Å²) in [7, 11) is 0. The van der Waals surface area contributed by atoms with Crippen molar-refractivity contribution in [3.63, 3.8) is 0 Å². The largest absolute Gasteiger partial charge is 0.309 e. The van der Waals surface area contributed by atoms with Gasteiger partial charge in [-0.3, -0.25) is 0 Å². The second-order valence-electron chi connectivity index (χ2n) is 14.5. The van der Waals surface area contributed by atoms with E-state index >= 15 is 0 Å². The average Bonchev–Trinajstić information content (AvgIpc) is 3.91. The summed E-state index contributed by atoms with van der Waals surface area (Å²) in [6.45, 7) is 0. The Kier molecular flexibility index (Phi) is 6.54. The van der Waals surface area contributed by atoms with Crippen LogP contribution in [0.25, 0.3) is 108 Å². The van der Waals surface area contributed by atoms with Crippen LogP contribution in [-0.2, 0) is 0 Å². The van der Waals surface area contributed by atoms with Crippen LogP contribution in [0.15, 0.2) is 194 Å². The Bertz CT molecular complexity index is 3490. The van der Waals surface area contributed by atoms with Gasteiger partial charge < -0.3 is 9.13 Å². The van der Waals surface area contributed by atoms with Crippen LogP contribution in [-0.4, -0.2) is 9.13 Å². The summed E-state index contributed by atoms with van der Waals surface area (Å²) in [6.07, 6.45) is 0. The molecule has 0 aliphatic rings. The molecule has 256 valence electrons. The smallest absolute Gasteiger partial charge is 0.0547 e. The summed E-state index contributed by atoms with van der Waals surface area (Å²) in [6, 6.07) is 71.4. The number of aromatic nitrogens is 2. The first-order valence-corrected chi connectivity index (χ1v) is 19.7. The lowest BCUT2D eigenvalue weighted by atomic mass is 9.97. The summed E-state index contributed by atoms with van der Waals surface area (Å²) in [4.78, 5) is 0. The summed E-state index contributed by atoms with van der Waals surface area (Å²) in [5.41, 5.74) is 12.2. The van der Waals surface area contributed by atoms with Crippen LogP contribution in [0.3, 0.4) is 0 Å². The number of thiophene rings is 1. The molecule has 0 spiro atoms. The predicted octanol–water partition coefficient (Wildman–Crippen LogP) is 14.7. The van der Waals surface area contributed by atoms with Crippen molar-refractivity contribution in [2.45, 2.75) is 0 Å². The molecule has 0 atom stereocenters. The minimum atomic E-state index is 1.18. The number of para-hydroxylation sites is 3. The van der Waals surface area contributed by atoms with E-state index in [4.69, 9.17) is 0 Å². The van der Waals surface area contributed by atoms with Crippen LogP contribution in [0.1, 0.15) is 0 Å². The highest BCUT2D eigenvalue weighted by Crippen LogP contribution is 2.44. The van der Waals surface area contributed by atoms with Gasteiger partial charge in [0.15, 0.2) is 0 Å². The molecule has 0 unspecified atom stereocenters. The summed E-state index contributed by atoms with van der Waals surface area (Å²) >= 11 is 1.89. The monoisotopic (exact) mass is 716 g/mol. The Hall–Kier alpha value is -6.94. The number of fused-ring (bicyclic) bond motifs is 10. The molecular formula is C52H32N2S. The third-order valence-electron chi connectivity index (χ3n) is 11.5. The number of nitrogens with zero attached hydrogens (tertiary/aromatic N) is 2. The van der Waals surface area contributed by atoms with Crippen LogP contribution in [0, 0.1) is 0 Å². The molecule has 0 amide bonds. The quantitative estimate of drug-likeness (QED) is 0.172. The lowest BCUT2D eigenvalue weighted by molar-refractivity contribution is 1.18. The van der Waals surface area contributed by atoms with Crippen molar-refractivity contribution < 1.29 is 0 Å². The molecule has 0 saturated heterocycles. The maximum Gasteiger partial charge on any atom is 0.0547 e. The zero-order valence-corrected chi connectivity index (χ0v) is 30.6. The molecule has 2 nitrogen and oxygen atoms in total. The van der Waals surface area contributed by atoms with Crippen LogP contribution in [0.2, 0.25) is 0 Å². The van der Waals surface area contributed by atoms with Gasteiger partial charge in [-0.1, -0.05) is 133 Å². The van der Waals surface area contributed by atoms with E-state index < -0.39 is 0 Å². The Morgan fingerprint density at radius 2 is 0.818 bits per heavy atom. The Morgan fingerprint density at radius 1 is 0.309 bits per heavy atom. The van der Waals surface area contributed by atoms with Gasteiger partial charge in [0.1, 0.15) is 0 Å². The van der Waals surface area contributed by atoms with Gasteiger partial charge in [0.25, 0.3) is 0 Å². The molecule has 3 heteroatoms. The molecular weight excluding hydrogens is 685 g/mol. The first kappa shape index (κ1) is 30.5. The third kappa shape index (κ3) is 4.54. The van der Waals surface area contributed by atoms with Gasteiger partial charge in [0, 0.05) is 53.1 Å². The van der Waals surface area contributed by atoms with Crippen LogP contribution < -0.4 is 0 Å². The number of rotatable bonds is 4. The molecule has 0 aliphatic carbocycles. The zero-order chi connectivity index (χ0) is 36.0. The first-order valence-electron chi connectivity index (χ1n) is 18.8. The summed E-state index contributed by atoms with van der Waals surface area (Å²) in [5.74, 6) is 0. The standard InChI is InChI=1S/C52H32N2S/c1-2-14-37(15-3-1)53-45-20-8-6-16-43(45)51-39(18-10-22-47(51)53)35-25-28-41-42-29-26-36(32-50(42)55-49(41)31-35)40-19-11-23-48-52(40)44-17-7-9-21-46(44)54(48)38-27-24-33-12-4-5-13-34(33)30-38/h1-32H. The lowest BCUT2D eigenvalue weighted by Crippen LogP contribution is -1.93. The van der Waals surface area contributed by atoms with Gasteiger partial charge in [0.05, 0.1) is 22.1 Å². The molecule has 0 bridgehead atoms. The highest BCUT2D eigenvalue weighted by atomic mass is 32.1. The van der Waals surface area contributed by atoms with E-state index in [1.807, 2.05) is 11.3 Å². The van der Waals surface area contributed by atoms with E-state index in [0.29, 0.717) is 0 Å². The average molecular weight is 717 g/mol. The van der Waals surface area contributed by atoms with Gasteiger partial charge in [-0.15, -0.1) is 11.3 Å². The fourth-order valence-electron chi connectivity index (χ4n) is 9.08. The zero-order valence-electron chi connectivity index (χ0n) is 29.8. The molecule has 0 saturated carbocycles. The molecule has 0 N–H and O–H groups in total. The topological polar surface area (TPSA) is 9.86 Å². The molecule has 0 radical (unpaired) electrons. The van der Waals surface area contributed by atoms with Gasteiger partial charge >= 0.3 is 0 Å². The molecule has 12 rings (SSSR count). The minimum Gasteiger partial charge on any atom is -0.309 e. The van der Waals surface area contributed by atoms with Crippen molar-refractivity contribution in [1.82, 2.24) is 9.13 Å². The van der Waals surface area contributed by atoms with Crippen LogP contribution in [0.5, 0.6) is 0 Å². The van der Waals surface area contributed by atoms with E-state index in [0.717, 1.165) is 0 Å². The van der Waals surface area contributed by atoms with Crippen molar-refractivity contribution in [3.8, 4) is 33.6 Å². The highest BCUT2D eigenvalue weighted by molar-refractivity contribution is 7.25. The predicted molar refractivity (Wildman–Crippen MR) is 236 cm³/mol. The lowest BCUT2D eigenvalue weighted by Gasteiger charge is -2.10. The van der Waals surface area contributed by atoms with Crippen molar-refractivity contribution in [2.75, 3.05) is 0 Å². The Morgan fingerprint density at radius 3 is 1.44 bits per heavy atom. The van der Waals surface area contributed by atoms with Crippen LogP contribution in [0.4, 0.5) is 0 Å². The van der Waals surface area contributed by atoms with E-state index in [9.17, 15) is 0 Å². The van der Waals surface area contributed by atoms with Gasteiger partial charge in [-0.25, -0.2) is 0 Å². The van der Waals surface area contributed by atoms with Crippen molar-refractivity contribution in [3.05, 3.63) is 194 Å². The fraction of sp³-hybridized carbons (Fsp3) is 0. The first-order chi connectivity index (χ1) is 27.3. The number of benzene rings is 9. The second-order valence-corrected chi connectivity index (χ2v) is 15.6. The molecule has 0 fully saturated rings. The van der Waals surface area contributed by atoms with E-state index in [1.54, 1.807) is 0 Å². The molecule has 9 aromatic carbocycles. The fourth-order valence-corrected chi connectivity index (χ4v) is 10.3. The van der Waals surface area contributed by atoms with Gasteiger partial charge in [0.2, 0.25) is 0 Å². The SMILES string of the molecule is c1ccc(-n2c3ccccc3c3c(-c4ccc5c(c4)sc4cc(-c6cccc7c6c6ccccc6n7-c6ccc7ccccc7c6)ccc45)cccc32)cc1. The molecule has 3 aromatic heterocycles. The Labute approximate surface area is 321 Å². The van der Waals surface area contributed by atoms with Gasteiger partial charge in [-0.2, -0.15) is 0 Å². The summed E-state index contributed by atoms with van der Waals surface area (Å²) < 4.78 is 7.43. The normalized spacial score (nSPS) is 12.0. The second kappa shape index (κ2) is 11.8. The minimum absolute atomic E-state index is 1.18. The van der Waals surface area contributed by atoms with Crippen molar-refractivity contribution in [2.24, 2.45) is 0 Å². The number of hydrogen-bond acceptors (Lipinski definition) is 1. The van der Waals surface area contributed by atoms with E-state index in [1.165, 1.54) is 108 Å². The van der Waals surface area contributed by atoms with Crippen molar-refractivity contribution >= 4 is 85.9 Å². The molecule has 12 aromatic rings. The number of hydrogen-bond donors (Lipinski definition) is 0. The maximum absolute atomic E-state index is 2.43. The molecule has 55 heavy (non-hydrogen) atoms. The van der Waals surface area contributed by atoms with Crippen molar-refractivity contribution in [1.29, 1.82) is 0 Å². The summed E-state index contributed by atoms with van der Waals surface area (Å²) in [5, 5.41) is 10.2. The van der Waals surface area contributed by atoms with Crippen LogP contribution >= 0.6 is 11.3 Å². The maximum atomic E-state index is 2.43. The molecule has 3 heterocycles. The van der Waals surface area contributed by atoms with Gasteiger partial charge in [-0.05, 0) is 93.7 Å². The van der Waals surface area contributed by atoms with E-state index in [-0.39, 0.29) is 0 Å². The highest BCUT2D eigenvalue weighted by Gasteiger charge is 2.19. The van der Waals surface area contributed by atoms with E-state index in [2.05, 4.69) is 203 Å². The Balaban J connectivity index is 1.01. The third-order valence-corrected chi connectivity index (χ3v) is 12.6. The molecule has 0 aliphatic heterocycles.